The molecule has 0 spiro atoms. The number of rotatable bonds is 7. The highest BCUT2D eigenvalue weighted by atomic mass is 16.6. The molecular weight excluding hydrogens is 386 g/mol. The number of aryl methyl sites for hydroxylation is 1. The third-order valence-electron chi connectivity index (χ3n) is 5.19. The molecule has 1 unspecified atom stereocenters. The number of hydrogen-bond acceptors (Lipinski definition) is 7. The van der Waals surface area contributed by atoms with Gasteiger partial charge >= 0.3 is 11.9 Å². The van der Waals surface area contributed by atoms with Crippen molar-refractivity contribution in [2.24, 2.45) is 11.8 Å². The number of carbonyl (C=O) groups is 2. The van der Waals surface area contributed by atoms with E-state index in [1.165, 1.54) is 12.1 Å². The Morgan fingerprint density at radius 1 is 1.23 bits per heavy atom. The molecule has 30 heavy (non-hydrogen) atoms. The number of nitrogens with one attached hydrogen (secondary N) is 1. The largest absolute Gasteiger partial charge is 0.478 e. The summed E-state index contributed by atoms with van der Waals surface area (Å²) < 4.78 is 11.0. The number of carboxylic acids is 1. The molecule has 0 amide bonds. The van der Waals surface area contributed by atoms with Gasteiger partial charge in [-0.3, -0.25) is 4.79 Å². The van der Waals surface area contributed by atoms with Crippen LogP contribution >= 0.6 is 0 Å². The third kappa shape index (κ3) is 5.89. The fraction of sp³-hybridized carbons (Fsp3) is 0.545. The van der Waals surface area contributed by atoms with Gasteiger partial charge in [0.1, 0.15) is 5.60 Å². The number of carbonyl (C=O) groups excluding carboxylic acids is 1. The van der Waals surface area contributed by atoms with Crippen LogP contribution in [-0.4, -0.2) is 45.9 Å². The first-order valence-corrected chi connectivity index (χ1v) is 10.3. The zero-order valence-corrected chi connectivity index (χ0v) is 17.7. The molecule has 1 aliphatic rings. The number of piperidine rings is 1. The molecule has 162 valence electrons. The van der Waals surface area contributed by atoms with E-state index in [2.05, 4.69) is 15.5 Å². The van der Waals surface area contributed by atoms with Crippen molar-refractivity contribution in [1.29, 1.82) is 0 Å². The zero-order valence-electron chi connectivity index (χ0n) is 17.7. The van der Waals surface area contributed by atoms with Crippen LogP contribution in [0.3, 0.4) is 0 Å². The molecule has 3 rings (SSSR count). The number of aromatic nitrogens is 2. The predicted molar refractivity (Wildman–Crippen MR) is 110 cm³/mol. The van der Waals surface area contributed by atoms with E-state index in [4.69, 9.17) is 14.4 Å². The minimum absolute atomic E-state index is 0.168. The highest BCUT2D eigenvalue weighted by Gasteiger charge is 2.33. The van der Waals surface area contributed by atoms with Gasteiger partial charge in [0.25, 0.3) is 0 Å². The van der Waals surface area contributed by atoms with Crippen LogP contribution in [0.25, 0.3) is 11.4 Å². The van der Waals surface area contributed by atoms with Crippen molar-refractivity contribution in [1.82, 2.24) is 15.5 Å². The maximum absolute atomic E-state index is 12.8. The van der Waals surface area contributed by atoms with E-state index in [0.717, 1.165) is 25.9 Å². The summed E-state index contributed by atoms with van der Waals surface area (Å²) in [7, 11) is 0. The summed E-state index contributed by atoms with van der Waals surface area (Å²) in [5, 5.41) is 16.3. The van der Waals surface area contributed by atoms with Crippen LogP contribution in [0.15, 0.2) is 28.8 Å². The standard InChI is InChI=1S/C22H29N3O5/c1-22(2,3)29-21(28)17(14-10-12-23-13-11-14)8-9-18-24-19(25-30-18)15-4-6-16(7-5-15)20(26)27/h4-7,14,17,23H,8-13H2,1-3H3,(H,26,27). The molecule has 2 aromatic rings. The Labute approximate surface area is 176 Å². The van der Waals surface area contributed by atoms with Gasteiger partial charge in [-0.15, -0.1) is 0 Å². The number of carboxylic acid groups (broad SMARTS) is 1. The van der Waals surface area contributed by atoms with Crippen molar-refractivity contribution in [2.45, 2.75) is 52.1 Å². The first-order chi connectivity index (χ1) is 14.2. The summed E-state index contributed by atoms with van der Waals surface area (Å²) in [6.45, 7) is 7.45. The smallest absolute Gasteiger partial charge is 0.335 e. The molecule has 8 heteroatoms. The fourth-order valence-electron chi connectivity index (χ4n) is 3.68. The highest BCUT2D eigenvalue weighted by molar-refractivity contribution is 5.88. The number of ether oxygens (including phenoxy) is 1. The van der Waals surface area contributed by atoms with Gasteiger partial charge in [-0.2, -0.15) is 4.98 Å². The summed E-state index contributed by atoms with van der Waals surface area (Å²) in [5.41, 5.74) is 0.351. The SMILES string of the molecule is CC(C)(C)OC(=O)C(CCc1nc(-c2ccc(C(=O)O)cc2)no1)C1CCNCC1. The second kappa shape index (κ2) is 9.38. The number of aromatic carboxylic acids is 1. The van der Waals surface area contributed by atoms with Crippen LogP contribution < -0.4 is 5.32 Å². The van der Waals surface area contributed by atoms with E-state index in [1.54, 1.807) is 12.1 Å². The van der Waals surface area contributed by atoms with Crippen molar-refractivity contribution >= 4 is 11.9 Å². The van der Waals surface area contributed by atoms with Gasteiger partial charge in [0.2, 0.25) is 11.7 Å². The highest BCUT2D eigenvalue weighted by Crippen LogP contribution is 2.29. The molecule has 1 saturated heterocycles. The van der Waals surface area contributed by atoms with Gasteiger partial charge in [0.15, 0.2) is 0 Å². The lowest BCUT2D eigenvalue weighted by molar-refractivity contribution is -0.162. The Bertz CT molecular complexity index is 864. The van der Waals surface area contributed by atoms with E-state index in [-0.39, 0.29) is 23.4 Å². The molecular formula is C22H29N3O5. The topological polar surface area (TPSA) is 115 Å². The average Bonchev–Trinajstić information content (AvgIpc) is 3.17. The van der Waals surface area contributed by atoms with Gasteiger partial charge in [-0.25, -0.2) is 4.79 Å². The molecule has 0 aliphatic carbocycles. The Morgan fingerprint density at radius 2 is 1.90 bits per heavy atom. The minimum atomic E-state index is -0.985. The summed E-state index contributed by atoms with van der Waals surface area (Å²) in [6, 6.07) is 6.31. The third-order valence-corrected chi connectivity index (χ3v) is 5.19. The first kappa shape index (κ1) is 22.0. The molecule has 8 nitrogen and oxygen atoms in total. The molecule has 1 fully saturated rings. The van der Waals surface area contributed by atoms with Crippen LogP contribution in [0.4, 0.5) is 0 Å². The van der Waals surface area contributed by atoms with Crippen molar-refractivity contribution in [3.63, 3.8) is 0 Å². The van der Waals surface area contributed by atoms with Gasteiger partial charge in [0, 0.05) is 12.0 Å². The van der Waals surface area contributed by atoms with Crippen LogP contribution in [0.2, 0.25) is 0 Å². The normalized spacial score (nSPS) is 16.2. The van der Waals surface area contributed by atoms with Crippen molar-refractivity contribution in [3.8, 4) is 11.4 Å². The number of hydrogen-bond donors (Lipinski definition) is 2. The zero-order chi connectivity index (χ0) is 21.7. The molecule has 1 atom stereocenters. The Hall–Kier alpha value is -2.74. The van der Waals surface area contributed by atoms with E-state index >= 15 is 0 Å². The number of esters is 1. The maximum atomic E-state index is 12.8. The van der Waals surface area contributed by atoms with Crippen LogP contribution in [-0.2, 0) is 16.0 Å². The molecule has 0 saturated carbocycles. The van der Waals surface area contributed by atoms with Crippen LogP contribution in [0, 0.1) is 11.8 Å². The second-order valence-electron chi connectivity index (χ2n) is 8.66. The lowest BCUT2D eigenvalue weighted by atomic mass is 9.82. The Kier molecular flexibility index (Phi) is 6.87. The van der Waals surface area contributed by atoms with Crippen molar-refractivity contribution in [2.75, 3.05) is 13.1 Å². The average molecular weight is 415 g/mol. The van der Waals surface area contributed by atoms with E-state index in [0.29, 0.717) is 30.1 Å². The van der Waals surface area contributed by atoms with Gasteiger partial charge in [0.05, 0.1) is 11.5 Å². The predicted octanol–water partition coefficient (Wildman–Crippen LogP) is 3.32. The van der Waals surface area contributed by atoms with Gasteiger partial charge < -0.3 is 19.7 Å². The monoisotopic (exact) mass is 415 g/mol. The summed E-state index contributed by atoms with van der Waals surface area (Å²) in [6.07, 6.45) is 2.94. The summed E-state index contributed by atoms with van der Waals surface area (Å²) in [5.74, 6) is -0.240. The number of nitrogens with zero attached hydrogens (tertiary/aromatic N) is 2. The first-order valence-electron chi connectivity index (χ1n) is 10.3. The van der Waals surface area contributed by atoms with Crippen LogP contribution in [0.1, 0.15) is 56.3 Å². The lowest BCUT2D eigenvalue weighted by Crippen LogP contribution is -2.38. The lowest BCUT2D eigenvalue weighted by Gasteiger charge is -2.31. The molecule has 1 aromatic carbocycles. The quantitative estimate of drug-likeness (QED) is 0.662. The fourth-order valence-corrected chi connectivity index (χ4v) is 3.68. The minimum Gasteiger partial charge on any atom is -0.478 e. The van der Waals surface area contributed by atoms with Gasteiger partial charge in [-0.1, -0.05) is 17.3 Å². The summed E-state index contributed by atoms with van der Waals surface area (Å²) in [4.78, 5) is 28.2. The second-order valence-corrected chi connectivity index (χ2v) is 8.66. The van der Waals surface area contributed by atoms with Gasteiger partial charge in [-0.05, 0) is 71.2 Å². The van der Waals surface area contributed by atoms with E-state index in [1.807, 2.05) is 20.8 Å². The Balaban J connectivity index is 1.67. The van der Waals surface area contributed by atoms with E-state index < -0.39 is 11.6 Å². The molecule has 0 bridgehead atoms. The maximum Gasteiger partial charge on any atom is 0.335 e. The van der Waals surface area contributed by atoms with E-state index in [9.17, 15) is 9.59 Å². The molecule has 2 N–H and O–H groups in total. The molecule has 1 aliphatic heterocycles. The van der Waals surface area contributed by atoms with Crippen LogP contribution in [0.5, 0.6) is 0 Å². The molecule has 0 radical (unpaired) electrons. The van der Waals surface area contributed by atoms with Crippen molar-refractivity contribution < 1.29 is 24.0 Å². The molecule has 2 heterocycles. The number of benzene rings is 1. The Morgan fingerprint density at radius 3 is 2.50 bits per heavy atom. The molecule has 1 aromatic heterocycles. The van der Waals surface area contributed by atoms with Crippen molar-refractivity contribution in [3.05, 3.63) is 35.7 Å². The summed E-state index contributed by atoms with van der Waals surface area (Å²) >= 11 is 0.